The second kappa shape index (κ2) is 9.30. The van der Waals surface area contributed by atoms with Crippen molar-refractivity contribution in [3.05, 3.63) is 42.0 Å². The van der Waals surface area contributed by atoms with Crippen LogP contribution in [0.1, 0.15) is 25.3 Å². The summed E-state index contributed by atoms with van der Waals surface area (Å²) in [5.74, 6) is 0.0921. The number of nitrogens with zero attached hydrogens (tertiary/aromatic N) is 2. The van der Waals surface area contributed by atoms with Gasteiger partial charge in [-0.25, -0.2) is 13.1 Å². The monoisotopic (exact) mass is 379 g/mol. The van der Waals surface area contributed by atoms with Crippen LogP contribution in [-0.2, 0) is 14.8 Å². The molecule has 0 unspecified atom stereocenters. The van der Waals surface area contributed by atoms with E-state index < -0.39 is 10.0 Å². The van der Waals surface area contributed by atoms with E-state index in [1.54, 1.807) is 24.3 Å². The van der Waals surface area contributed by atoms with Crippen LogP contribution >= 0.6 is 0 Å². The van der Waals surface area contributed by atoms with E-state index in [1.807, 2.05) is 18.7 Å². The van der Waals surface area contributed by atoms with E-state index in [-0.39, 0.29) is 17.3 Å². The first-order valence-corrected chi connectivity index (χ1v) is 10.5. The van der Waals surface area contributed by atoms with Crippen LogP contribution < -0.4 is 4.72 Å². The molecule has 0 saturated carbocycles. The van der Waals surface area contributed by atoms with E-state index in [0.717, 1.165) is 43.9 Å². The fourth-order valence-corrected chi connectivity index (χ4v) is 4.02. The van der Waals surface area contributed by atoms with Gasteiger partial charge in [0.05, 0.1) is 4.90 Å². The van der Waals surface area contributed by atoms with Crippen molar-refractivity contribution in [3.63, 3.8) is 0 Å². The minimum atomic E-state index is -3.51. The van der Waals surface area contributed by atoms with Gasteiger partial charge in [-0.15, -0.1) is 0 Å². The second-order valence-electron chi connectivity index (χ2n) is 6.93. The summed E-state index contributed by atoms with van der Waals surface area (Å²) in [5, 5.41) is 0. The summed E-state index contributed by atoms with van der Waals surface area (Å²) >= 11 is 0. The van der Waals surface area contributed by atoms with E-state index in [2.05, 4.69) is 16.2 Å². The maximum Gasteiger partial charge on any atom is 0.240 e. The van der Waals surface area contributed by atoms with E-state index in [1.165, 1.54) is 0 Å². The fraction of sp³-hybridized carbons (Fsp3) is 0.526. The fourth-order valence-electron chi connectivity index (χ4n) is 2.94. The van der Waals surface area contributed by atoms with Crippen LogP contribution in [0.2, 0.25) is 0 Å². The molecule has 0 bridgehead atoms. The number of carbonyl (C=O) groups excluding carboxylic acids is 1. The predicted octanol–water partition coefficient (Wildman–Crippen LogP) is 1.77. The highest BCUT2D eigenvalue weighted by atomic mass is 32.2. The zero-order chi connectivity index (χ0) is 19.2. The molecule has 1 aliphatic rings. The third-order valence-corrected chi connectivity index (χ3v) is 5.89. The highest BCUT2D eigenvalue weighted by molar-refractivity contribution is 7.89. The minimum absolute atomic E-state index is 0.0921. The normalized spacial score (nSPS) is 15.8. The van der Waals surface area contributed by atoms with Crippen LogP contribution in [0, 0.1) is 6.92 Å². The van der Waals surface area contributed by atoms with Crippen molar-refractivity contribution < 1.29 is 13.2 Å². The van der Waals surface area contributed by atoms with E-state index in [0.29, 0.717) is 12.8 Å². The molecule has 1 aromatic rings. The summed E-state index contributed by atoms with van der Waals surface area (Å²) in [7, 11) is -3.51. The highest BCUT2D eigenvalue weighted by Crippen LogP contribution is 2.10. The quantitative estimate of drug-likeness (QED) is 0.552. The van der Waals surface area contributed by atoms with Crippen LogP contribution in [0.4, 0.5) is 0 Å². The first-order valence-electron chi connectivity index (χ1n) is 8.99. The zero-order valence-corrected chi connectivity index (χ0v) is 16.5. The number of nitrogens with one attached hydrogen (secondary N) is 1. The summed E-state index contributed by atoms with van der Waals surface area (Å²) in [4.78, 5) is 16.7. The predicted molar refractivity (Wildman–Crippen MR) is 103 cm³/mol. The van der Waals surface area contributed by atoms with Gasteiger partial charge < -0.3 is 4.90 Å². The highest BCUT2D eigenvalue weighted by Gasteiger charge is 2.20. The number of amides is 1. The van der Waals surface area contributed by atoms with Gasteiger partial charge in [0.1, 0.15) is 0 Å². The van der Waals surface area contributed by atoms with Crippen molar-refractivity contribution in [1.82, 2.24) is 14.5 Å². The molecule has 0 aliphatic carbocycles. The second-order valence-corrected chi connectivity index (χ2v) is 8.70. The average molecular weight is 380 g/mol. The Kier molecular flexibility index (Phi) is 7.37. The Bertz CT molecular complexity index is 721. The van der Waals surface area contributed by atoms with Gasteiger partial charge in [-0.3, -0.25) is 9.69 Å². The standard InChI is InChI=1S/C19H29N3O3S/c1-16(2)15-21-11-13-22(14-12-21)19(23)5-4-10-20-26(24,25)18-8-6-17(3)7-9-18/h6-9,20H,1,4-5,10-15H2,2-3H3. The number of hydrogen-bond donors (Lipinski definition) is 1. The Hall–Kier alpha value is -1.70. The minimum Gasteiger partial charge on any atom is -0.340 e. The number of benzene rings is 1. The molecule has 144 valence electrons. The van der Waals surface area contributed by atoms with E-state index in [9.17, 15) is 13.2 Å². The Balaban J connectivity index is 1.70. The molecule has 6 nitrogen and oxygen atoms in total. The maximum atomic E-state index is 12.3. The number of aryl methyl sites for hydroxylation is 1. The molecule has 1 fully saturated rings. The number of hydrogen-bond acceptors (Lipinski definition) is 4. The van der Waals surface area contributed by atoms with Crippen molar-refractivity contribution in [1.29, 1.82) is 0 Å². The van der Waals surface area contributed by atoms with Crippen LogP contribution in [0.5, 0.6) is 0 Å². The van der Waals surface area contributed by atoms with Crippen LogP contribution in [0.3, 0.4) is 0 Å². The van der Waals surface area contributed by atoms with Crippen LogP contribution in [0.25, 0.3) is 0 Å². The number of carbonyl (C=O) groups is 1. The molecule has 1 heterocycles. The zero-order valence-electron chi connectivity index (χ0n) is 15.7. The summed E-state index contributed by atoms with van der Waals surface area (Å²) in [6.07, 6.45) is 0.854. The summed E-state index contributed by atoms with van der Waals surface area (Å²) in [6, 6.07) is 6.72. The van der Waals surface area contributed by atoms with Crippen LogP contribution in [-0.4, -0.2) is 63.4 Å². The smallest absolute Gasteiger partial charge is 0.240 e. The summed E-state index contributed by atoms with van der Waals surface area (Å²) in [5.41, 5.74) is 2.14. The number of piperazine rings is 1. The van der Waals surface area contributed by atoms with Gasteiger partial charge in [0, 0.05) is 45.7 Å². The molecule has 1 aliphatic heterocycles. The molecule has 1 saturated heterocycles. The lowest BCUT2D eigenvalue weighted by Gasteiger charge is -2.34. The molecule has 1 aromatic carbocycles. The number of rotatable bonds is 8. The van der Waals surface area contributed by atoms with Crippen molar-refractivity contribution in [2.75, 3.05) is 39.3 Å². The van der Waals surface area contributed by atoms with Gasteiger partial charge in [-0.05, 0) is 32.4 Å². The van der Waals surface area contributed by atoms with Gasteiger partial charge in [-0.1, -0.05) is 29.8 Å². The van der Waals surface area contributed by atoms with Crippen molar-refractivity contribution >= 4 is 15.9 Å². The Labute approximate surface area is 156 Å². The third kappa shape index (κ3) is 6.23. The summed E-state index contributed by atoms with van der Waals surface area (Å²) < 4.78 is 27.0. The van der Waals surface area contributed by atoms with Crippen molar-refractivity contribution in [3.8, 4) is 0 Å². The van der Waals surface area contributed by atoms with Gasteiger partial charge in [-0.2, -0.15) is 0 Å². The maximum absolute atomic E-state index is 12.3. The first kappa shape index (κ1) is 20.6. The van der Waals surface area contributed by atoms with Crippen molar-refractivity contribution in [2.24, 2.45) is 0 Å². The Morgan fingerprint density at radius 2 is 1.77 bits per heavy atom. The molecule has 1 N–H and O–H groups in total. The number of sulfonamides is 1. The van der Waals surface area contributed by atoms with Crippen LogP contribution in [0.15, 0.2) is 41.3 Å². The van der Waals surface area contributed by atoms with E-state index in [4.69, 9.17) is 0 Å². The topological polar surface area (TPSA) is 69.7 Å². The Morgan fingerprint density at radius 1 is 1.15 bits per heavy atom. The molecule has 2 rings (SSSR count). The lowest BCUT2D eigenvalue weighted by atomic mass is 10.2. The lowest BCUT2D eigenvalue weighted by Crippen LogP contribution is -2.49. The molecular weight excluding hydrogens is 350 g/mol. The van der Waals surface area contributed by atoms with E-state index >= 15 is 0 Å². The molecule has 26 heavy (non-hydrogen) atoms. The average Bonchev–Trinajstić information content (AvgIpc) is 2.59. The van der Waals surface area contributed by atoms with Gasteiger partial charge in [0.15, 0.2) is 0 Å². The molecule has 0 atom stereocenters. The lowest BCUT2D eigenvalue weighted by molar-refractivity contribution is -0.132. The largest absolute Gasteiger partial charge is 0.340 e. The van der Waals surface area contributed by atoms with Gasteiger partial charge >= 0.3 is 0 Å². The first-order chi connectivity index (χ1) is 12.3. The van der Waals surface area contributed by atoms with Crippen molar-refractivity contribution in [2.45, 2.75) is 31.6 Å². The molecule has 0 aromatic heterocycles. The molecule has 7 heteroatoms. The van der Waals surface area contributed by atoms with Gasteiger partial charge in [0.2, 0.25) is 15.9 Å². The molecular formula is C19H29N3O3S. The molecule has 1 amide bonds. The SMILES string of the molecule is C=C(C)CN1CCN(C(=O)CCCNS(=O)(=O)c2ccc(C)cc2)CC1. The summed E-state index contributed by atoms with van der Waals surface area (Å²) in [6.45, 7) is 12.1. The van der Waals surface area contributed by atoms with Gasteiger partial charge in [0.25, 0.3) is 0 Å². The third-order valence-electron chi connectivity index (χ3n) is 4.41. The molecule has 0 spiro atoms. The Morgan fingerprint density at radius 3 is 2.35 bits per heavy atom. The molecule has 0 radical (unpaired) electrons.